The van der Waals surface area contributed by atoms with Crippen LogP contribution < -0.4 is 4.90 Å². The number of amides is 1. The van der Waals surface area contributed by atoms with Gasteiger partial charge in [0, 0.05) is 26.2 Å². The lowest BCUT2D eigenvalue weighted by molar-refractivity contribution is -0.0587. The third-order valence-corrected chi connectivity index (χ3v) is 4.01. The highest BCUT2D eigenvalue weighted by molar-refractivity contribution is 5.92. The van der Waals surface area contributed by atoms with E-state index in [0.717, 1.165) is 18.9 Å². The number of nitrogens with zero attached hydrogens (tertiary/aromatic N) is 4. The Morgan fingerprint density at radius 3 is 2.38 bits per heavy atom. The minimum atomic E-state index is -0.0579. The maximum Gasteiger partial charge on any atom is 0.274 e. The molecule has 2 unspecified atom stereocenters. The van der Waals surface area contributed by atoms with Crippen molar-refractivity contribution in [2.75, 3.05) is 31.1 Å². The van der Waals surface area contributed by atoms with E-state index in [0.29, 0.717) is 18.8 Å². The normalized spacial score (nSPS) is 26.2. The van der Waals surface area contributed by atoms with E-state index < -0.39 is 0 Å². The number of carbonyl (C=O) groups is 1. The van der Waals surface area contributed by atoms with Gasteiger partial charge in [-0.1, -0.05) is 0 Å². The molecule has 0 aliphatic carbocycles. The first-order chi connectivity index (χ1) is 10.1. The van der Waals surface area contributed by atoms with Gasteiger partial charge in [0.15, 0.2) is 11.5 Å². The van der Waals surface area contributed by atoms with Crippen molar-refractivity contribution in [1.82, 2.24) is 15.1 Å². The van der Waals surface area contributed by atoms with Gasteiger partial charge in [-0.15, -0.1) is 10.2 Å². The molecule has 114 valence electrons. The molecule has 0 N–H and O–H groups in total. The van der Waals surface area contributed by atoms with E-state index in [2.05, 4.69) is 15.1 Å². The molecule has 1 amide bonds. The summed E-state index contributed by atoms with van der Waals surface area (Å²) in [6, 6.07) is 3.69. The number of carbonyl (C=O) groups excluding carboxylic acids is 1. The lowest BCUT2D eigenvalue weighted by atomic mass is 10.2. The maximum absolute atomic E-state index is 12.5. The smallest absolute Gasteiger partial charge is 0.274 e. The first-order valence-electron chi connectivity index (χ1n) is 7.67. The van der Waals surface area contributed by atoms with Crippen LogP contribution in [-0.4, -0.2) is 59.4 Å². The van der Waals surface area contributed by atoms with Gasteiger partial charge >= 0.3 is 0 Å². The van der Waals surface area contributed by atoms with Crippen LogP contribution in [0, 0.1) is 0 Å². The van der Waals surface area contributed by atoms with Crippen LogP contribution in [0.5, 0.6) is 0 Å². The average molecular weight is 290 g/mol. The molecule has 0 aromatic carbocycles. The summed E-state index contributed by atoms with van der Waals surface area (Å²) < 4.78 is 5.65. The molecule has 2 fully saturated rings. The molecule has 0 spiro atoms. The summed E-state index contributed by atoms with van der Waals surface area (Å²) in [5.74, 6) is 0.810. The summed E-state index contributed by atoms with van der Waals surface area (Å²) in [5, 5.41) is 8.34. The highest BCUT2D eigenvalue weighted by Gasteiger charge is 2.27. The number of morpholine rings is 1. The van der Waals surface area contributed by atoms with Crippen molar-refractivity contribution in [3.05, 3.63) is 17.8 Å². The van der Waals surface area contributed by atoms with Crippen molar-refractivity contribution >= 4 is 11.7 Å². The number of rotatable bonds is 2. The van der Waals surface area contributed by atoms with Crippen LogP contribution in [-0.2, 0) is 4.74 Å². The molecule has 1 aromatic heterocycles. The van der Waals surface area contributed by atoms with Gasteiger partial charge in [0.25, 0.3) is 5.91 Å². The van der Waals surface area contributed by atoms with Crippen LogP contribution in [0.4, 0.5) is 5.82 Å². The van der Waals surface area contributed by atoms with E-state index in [1.165, 1.54) is 12.8 Å². The zero-order valence-electron chi connectivity index (χ0n) is 12.7. The van der Waals surface area contributed by atoms with Crippen molar-refractivity contribution in [2.45, 2.75) is 38.9 Å². The largest absolute Gasteiger partial charge is 0.372 e. The molecule has 2 aliphatic heterocycles. The van der Waals surface area contributed by atoms with Crippen LogP contribution in [0.25, 0.3) is 0 Å². The molecule has 2 atom stereocenters. The van der Waals surface area contributed by atoms with Gasteiger partial charge in [0.05, 0.1) is 12.2 Å². The summed E-state index contributed by atoms with van der Waals surface area (Å²) in [4.78, 5) is 16.5. The van der Waals surface area contributed by atoms with E-state index in [4.69, 9.17) is 4.74 Å². The van der Waals surface area contributed by atoms with Crippen LogP contribution in [0.15, 0.2) is 12.1 Å². The topological polar surface area (TPSA) is 58.6 Å². The molecular formula is C15H22N4O2. The zero-order chi connectivity index (χ0) is 14.8. The second-order valence-electron chi connectivity index (χ2n) is 5.94. The molecule has 0 saturated carbocycles. The fourth-order valence-corrected chi connectivity index (χ4v) is 3.06. The summed E-state index contributed by atoms with van der Waals surface area (Å²) in [7, 11) is 0. The first kappa shape index (κ1) is 14.3. The van der Waals surface area contributed by atoms with Gasteiger partial charge in [-0.25, -0.2) is 0 Å². The predicted octanol–water partition coefficient (Wildman–Crippen LogP) is 1.33. The maximum atomic E-state index is 12.5. The van der Waals surface area contributed by atoms with Gasteiger partial charge < -0.3 is 14.5 Å². The lowest BCUT2D eigenvalue weighted by Crippen LogP contribution is -2.48. The van der Waals surface area contributed by atoms with E-state index in [9.17, 15) is 4.79 Å². The fourth-order valence-electron chi connectivity index (χ4n) is 3.06. The Bertz CT molecular complexity index is 489. The lowest BCUT2D eigenvalue weighted by Gasteiger charge is -2.35. The number of hydrogen-bond donors (Lipinski definition) is 0. The van der Waals surface area contributed by atoms with Crippen molar-refractivity contribution < 1.29 is 9.53 Å². The van der Waals surface area contributed by atoms with Gasteiger partial charge in [0.1, 0.15) is 0 Å². The standard InChI is InChI=1S/C15H22N4O2/c1-11-9-19(10-12(2)21-11)15(20)13-5-6-14(17-16-13)18-7-3-4-8-18/h5-6,11-12H,3-4,7-10H2,1-2H3. The average Bonchev–Trinajstić information content (AvgIpc) is 3.00. The third-order valence-electron chi connectivity index (χ3n) is 4.01. The van der Waals surface area contributed by atoms with E-state index in [1.54, 1.807) is 11.0 Å². The molecule has 1 aromatic rings. The van der Waals surface area contributed by atoms with Crippen molar-refractivity contribution in [2.24, 2.45) is 0 Å². The summed E-state index contributed by atoms with van der Waals surface area (Å²) in [5.41, 5.74) is 0.416. The van der Waals surface area contributed by atoms with Gasteiger partial charge in [0.2, 0.25) is 0 Å². The van der Waals surface area contributed by atoms with Crippen LogP contribution in [0.1, 0.15) is 37.2 Å². The van der Waals surface area contributed by atoms with Crippen LogP contribution >= 0.6 is 0 Å². The number of hydrogen-bond acceptors (Lipinski definition) is 5. The Morgan fingerprint density at radius 2 is 1.81 bits per heavy atom. The Kier molecular flexibility index (Phi) is 4.05. The first-order valence-corrected chi connectivity index (χ1v) is 7.67. The highest BCUT2D eigenvalue weighted by Crippen LogP contribution is 2.18. The molecule has 0 radical (unpaired) electrons. The van der Waals surface area contributed by atoms with Crippen molar-refractivity contribution in [3.8, 4) is 0 Å². The molecule has 3 heterocycles. The molecule has 0 bridgehead atoms. The molecule has 6 nitrogen and oxygen atoms in total. The molecule has 2 saturated heterocycles. The molecule has 21 heavy (non-hydrogen) atoms. The second-order valence-corrected chi connectivity index (χ2v) is 5.94. The minimum absolute atomic E-state index is 0.0579. The monoisotopic (exact) mass is 290 g/mol. The Balaban J connectivity index is 1.69. The van der Waals surface area contributed by atoms with E-state index in [1.807, 2.05) is 19.9 Å². The molecule has 3 rings (SSSR count). The Hall–Kier alpha value is -1.69. The number of ether oxygens (including phenoxy) is 1. The third kappa shape index (κ3) is 3.15. The SMILES string of the molecule is CC1CN(C(=O)c2ccc(N3CCCC3)nn2)CC(C)O1. The van der Waals surface area contributed by atoms with E-state index in [-0.39, 0.29) is 18.1 Å². The molecule has 6 heteroatoms. The van der Waals surface area contributed by atoms with E-state index >= 15 is 0 Å². The van der Waals surface area contributed by atoms with Crippen LogP contribution in [0.3, 0.4) is 0 Å². The number of anilines is 1. The molecular weight excluding hydrogens is 268 g/mol. The summed E-state index contributed by atoms with van der Waals surface area (Å²) >= 11 is 0. The van der Waals surface area contributed by atoms with Gasteiger partial charge in [-0.2, -0.15) is 0 Å². The quantitative estimate of drug-likeness (QED) is 0.822. The van der Waals surface area contributed by atoms with Gasteiger partial charge in [-0.05, 0) is 38.8 Å². The highest BCUT2D eigenvalue weighted by atomic mass is 16.5. The van der Waals surface area contributed by atoms with Crippen molar-refractivity contribution in [3.63, 3.8) is 0 Å². The summed E-state index contributed by atoms with van der Waals surface area (Å²) in [6.07, 6.45) is 2.53. The fraction of sp³-hybridized carbons (Fsp3) is 0.667. The predicted molar refractivity (Wildman–Crippen MR) is 79.4 cm³/mol. The number of aromatic nitrogens is 2. The molecule has 2 aliphatic rings. The van der Waals surface area contributed by atoms with Gasteiger partial charge in [-0.3, -0.25) is 4.79 Å². The zero-order valence-corrected chi connectivity index (χ0v) is 12.7. The summed E-state index contributed by atoms with van der Waals surface area (Å²) in [6.45, 7) is 7.24. The van der Waals surface area contributed by atoms with Crippen LogP contribution in [0.2, 0.25) is 0 Å². The second kappa shape index (κ2) is 5.97. The Morgan fingerprint density at radius 1 is 1.14 bits per heavy atom. The Labute approximate surface area is 125 Å². The van der Waals surface area contributed by atoms with Crippen molar-refractivity contribution in [1.29, 1.82) is 0 Å². The minimum Gasteiger partial charge on any atom is -0.372 e.